The van der Waals surface area contributed by atoms with Crippen LogP contribution < -0.4 is 5.73 Å². The summed E-state index contributed by atoms with van der Waals surface area (Å²) in [5, 5.41) is 0. The fourth-order valence-electron chi connectivity index (χ4n) is 2.39. The Morgan fingerprint density at radius 3 is 2.24 bits per heavy atom. The third-order valence-corrected chi connectivity index (χ3v) is 5.65. The Balaban J connectivity index is 0.00000400. The first-order valence-corrected chi connectivity index (χ1v) is 8.42. The van der Waals surface area contributed by atoms with Gasteiger partial charge >= 0.3 is 0 Å². The normalized spacial score (nSPS) is 20.5. The van der Waals surface area contributed by atoms with Crippen LogP contribution in [0.1, 0.15) is 19.3 Å². The van der Waals surface area contributed by atoms with E-state index in [9.17, 15) is 8.42 Å². The predicted octanol–water partition coefficient (Wildman–Crippen LogP) is 0.0610. The minimum atomic E-state index is -3.50. The van der Waals surface area contributed by atoms with Gasteiger partial charge in [0.25, 0.3) is 10.2 Å². The Morgan fingerprint density at radius 2 is 1.76 bits per heavy atom. The minimum Gasteiger partial charge on any atom is -0.383 e. The molecule has 0 bridgehead atoms. The van der Waals surface area contributed by atoms with Crippen molar-refractivity contribution in [1.82, 2.24) is 8.61 Å². The maximum Gasteiger partial charge on any atom is 0.282 e. The van der Waals surface area contributed by atoms with Crippen LogP contribution in [0.15, 0.2) is 0 Å². The molecule has 0 aromatic rings. The van der Waals surface area contributed by atoms with Crippen molar-refractivity contribution >= 4 is 22.6 Å². The molecule has 2 N–H and O–H groups in total. The first kappa shape index (κ1) is 21.0. The smallest absolute Gasteiger partial charge is 0.282 e. The lowest BCUT2D eigenvalue weighted by atomic mass is 10.1. The summed E-state index contributed by atoms with van der Waals surface area (Å²) in [5.41, 5.74) is 5.72. The second-order valence-electron chi connectivity index (χ2n) is 4.89. The molecule has 0 aromatic heterocycles. The summed E-state index contributed by atoms with van der Waals surface area (Å²) in [6.45, 7) is 2.29. The summed E-state index contributed by atoms with van der Waals surface area (Å²) in [6, 6.07) is -0.0960. The Labute approximate surface area is 134 Å². The molecule has 0 amide bonds. The van der Waals surface area contributed by atoms with Crippen LogP contribution in [0.2, 0.25) is 0 Å². The average Bonchev–Trinajstić information content (AvgIpc) is 2.47. The van der Waals surface area contributed by atoms with Crippen molar-refractivity contribution in [1.29, 1.82) is 0 Å². The maximum absolute atomic E-state index is 12.8. The molecule has 0 aliphatic carbocycles. The van der Waals surface area contributed by atoms with E-state index >= 15 is 0 Å². The molecule has 1 rings (SSSR count). The van der Waals surface area contributed by atoms with Crippen molar-refractivity contribution in [3.63, 3.8) is 0 Å². The number of nitrogens with two attached hydrogens (primary N) is 1. The van der Waals surface area contributed by atoms with Crippen molar-refractivity contribution < 1.29 is 17.9 Å². The van der Waals surface area contributed by atoms with E-state index in [2.05, 4.69) is 0 Å². The lowest BCUT2D eigenvalue weighted by Gasteiger charge is -2.37. The van der Waals surface area contributed by atoms with Gasteiger partial charge in [0, 0.05) is 46.4 Å². The van der Waals surface area contributed by atoms with Crippen LogP contribution in [0, 0.1) is 0 Å². The van der Waals surface area contributed by atoms with Crippen molar-refractivity contribution in [3.8, 4) is 0 Å². The monoisotopic (exact) mass is 345 g/mol. The quantitative estimate of drug-likeness (QED) is 0.638. The van der Waals surface area contributed by atoms with E-state index in [1.54, 1.807) is 18.5 Å². The fourth-order valence-corrected chi connectivity index (χ4v) is 4.23. The van der Waals surface area contributed by atoms with E-state index in [-0.39, 0.29) is 18.4 Å². The van der Waals surface area contributed by atoms with Gasteiger partial charge in [0.1, 0.15) is 0 Å². The molecule has 0 spiro atoms. The van der Waals surface area contributed by atoms with Gasteiger partial charge < -0.3 is 15.2 Å². The number of halogens is 1. The van der Waals surface area contributed by atoms with Gasteiger partial charge in [0.2, 0.25) is 0 Å². The van der Waals surface area contributed by atoms with Gasteiger partial charge in [-0.3, -0.25) is 0 Å². The third kappa shape index (κ3) is 5.97. The van der Waals surface area contributed by atoms with Crippen LogP contribution in [-0.4, -0.2) is 76.7 Å². The van der Waals surface area contributed by atoms with Gasteiger partial charge in [0.15, 0.2) is 0 Å². The molecule has 1 atom stereocenters. The first-order valence-electron chi connectivity index (χ1n) is 7.02. The Kier molecular flexibility index (Phi) is 10.7. The summed E-state index contributed by atoms with van der Waals surface area (Å²) in [5.74, 6) is 0. The molecule has 128 valence electrons. The van der Waals surface area contributed by atoms with Gasteiger partial charge in [0.05, 0.1) is 13.2 Å². The van der Waals surface area contributed by atoms with Gasteiger partial charge in [-0.2, -0.15) is 17.0 Å². The topological polar surface area (TPSA) is 85.1 Å². The number of hydrogen-bond donors (Lipinski definition) is 1. The molecular weight excluding hydrogens is 318 g/mol. The summed E-state index contributed by atoms with van der Waals surface area (Å²) >= 11 is 0. The number of hydrogen-bond acceptors (Lipinski definition) is 5. The lowest BCUT2D eigenvalue weighted by molar-refractivity contribution is 0.142. The van der Waals surface area contributed by atoms with Gasteiger partial charge in [-0.25, -0.2) is 0 Å². The van der Waals surface area contributed by atoms with Crippen LogP contribution in [0.5, 0.6) is 0 Å². The van der Waals surface area contributed by atoms with E-state index in [0.717, 1.165) is 19.3 Å². The third-order valence-electron chi connectivity index (χ3n) is 3.56. The zero-order chi connectivity index (χ0) is 15.0. The van der Waals surface area contributed by atoms with Crippen LogP contribution in [0.3, 0.4) is 0 Å². The molecule has 1 saturated heterocycles. The summed E-state index contributed by atoms with van der Waals surface area (Å²) in [7, 11) is -0.383. The van der Waals surface area contributed by atoms with Crippen molar-refractivity contribution in [2.75, 3.05) is 53.6 Å². The largest absolute Gasteiger partial charge is 0.383 e. The SMILES string of the molecule is COCCN(CCOC)S(=O)(=O)N1CCCCC1CN.Cl. The number of methoxy groups -OCH3 is 2. The van der Waals surface area contributed by atoms with Crippen molar-refractivity contribution in [2.24, 2.45) is 5.73 Å². The van der Waals surface area contributed by atoms with Crippen LogP contribution in [0.25, 0.3) is 0 Å². The molecule has 1 aliphatic rings. The van der Waals surface area contributed by atoms with Crippen LogP contribution >= 0.6 is 12.4 Å². The molecule has 1 unspecified atom stereocenters. The molecule has 0 aromatic carbocycles. The molecule has 1 heterocycles. The van der Waals surface area contributed by atoms with Crippen LogP contribution in [0.4, 0.5) is 0 Å². The Bertz CT molecular complexity index is 362. The average molecular weight is 346 g/mol. The Morgan fingerprint density at radius 1 is 1.19 bits per heavy atom. The fraction of sp³-hybridized carbons (Fsp3) is 1.00. The van der Waals surface area contributed by atoms with Gasteiger partial charge in [-0.15, -0.1) is 12.4 Å². The Hall–Kier alpha value is 0.0400. The zero-order valence-electron chi connectivity index (χ0n) is 12.9. The molecule has 1 fully saturated rings. The summed E-state index contributed by atoms with van der Waals surface area (Å²) < 4.78 is 38.5. The van der Waals surface area contributed by atoms with E-state index < -0.39 is 10.2 Å². The number of ether oxygens (including phenoxy) is 2. The molecule has 21 heavy (non-hydrogen) atoms. The van der Waals surface area contributed by atoms with E-state index in [1.165, 1.54) is 4.31 Å². The first-order chi connectivity index (χ1) is 9.57. The number of piperidine rings is 1. The highest BCUT2D eigenvalue weighted by Crippen LogP contribution is 2.22. The molecule has 0 saturated carbocycles. The van der Waals surface area contributed by atoms with Crippen molar-refractivity contribution in [2.45, 2.75) is 25.3 Å². The van der Waals surface area contributed by atoms with E-state index in [4.69, 9.17) is 15.2 Å². The zero-order valence-corrected chi connectivity index (χ0v) is 14.5. The highest BCUT2D eigenvalue weighted by molar-refractivity contribution is 7.86. The molecular formula is C12H28ClN3O4S. The van der Waals surface area contributed by atoms with Gasteiger partial charge in [-0.1, -0.05) is 6.42 Å². The predicted molar refractivity (Wildman–Crippen MR) is 84.9 cm³/mol. The minimum absolute atomic E-state index is 0. The molecule has 9 heteroatoms. The molecule has 0 radical (unpaired) electrons. The highest BCUT2D eigenvalue weighted by atomic mass is 35.5. The lowest BCUT2D eigenvalue weighted by Crippen LogP contribution is -2.54. The highest BCUT2D eigenvalue weighted by Gasteiger charge is 2.35. The summed E-state index contributed by atoms with van der Waals surface area (Å²) in [4.78, 5) is 0. The van der Waals surface area contributed by atoms with E-state index in [1.807, 2.05) is 0 Å². The standard InChI is InChI=1S/C12H27N3O4S.ClH/c1-18-9-7-14(8-10-19-2)20(16,17)15-6-4-3-5-12(15)11-13;/h12H,3-11,13H2,1-2H3;1H. The second kappa shape index (κ2) is 10.7. The molecule has 1 aliphatic heterocycles. The summed E-state index contributed by atoms with van der Waals surface area (Å²) in [6.07, 6.45) is 2.75. The number of nitrogens with zero attached hydrogens (tertiary/aromatic N) is 2. The number of rotatable bonds is 9. The molecule has 7 nitrogen and oxygen atoms in total. The van der Waals surface area contributed by atoms with Gasteiger partial charge in [-0.05, 0) is 12.8 Å². The van der Waals surface area contributed by atoms with E-state index in [0.29, 0.717) is 39.4 Å². The maximum atomic E-state index is 12.8. The second-order valence-corrected chi connectivity index (χ2v) is 6.77. The van der Waals surface area contributed by atoms with Crippen molar-refractivity contribution in [3.05, 3.63) is 0 Å². The van der Waals surface area contributed by atoms with Crippen LogP contribution in [-0.2, 0) is 19.7 Å².